The molecule has 1 aliphatic heterocycles. The van der Waals surface area contributed by atoms with Gasteiger partial charge in [-0.3, -0.25) is 4.79 Å². The minimum atomic E-state index is -0.183. The number of hydrogen-bond donors (Lipinski definition) is 1. The molecule has 5 rings (SSSR count). The van der Waals surface area contributed by atoms with E-state index in [0.717, 1.165) is 46.9 Å². The van der Waals surface area contributed by atoms with Gasteiger partial charge in [0, 0.05) is 24.5 Å². The first kappa shape index (κ1) is 19.0. The summed E-state index contributed by atoms with van der Waals surface area (Å²) >= 11 is 1.41. The van der Waals surface area contributed by atoms with Crippen molar-refractivity contribution in [2.45, 2.75) is 19.4 Å². The number of likely N-dealkylation sites (N-methyl/N-ethyl adjacent to an activating group) is 1. The first-order valence-corrected chi connectivity index (χ1v) is 10.7. The Balaban J connectivity index is 1.35. The predicted molar refractivity (Wildman–Crippen MR) is 120 cm³/mol. The highest BCUT2D eigenvalue weighted by atomic mass is 32.1. The third-order valence-corrected chi connectivity index (χ3v) is 6.54. The highest BCUT2D eigenvalue weighted by Gasteiger charge is 2.25. The van der Waals surface area contributed by atoms with Gasteiger partial charge >= 0.3 is 0 Å². The second kappa shape index (κ2) is 7.33. The van der Waals surface area contributed by atoms with Gasteiger partial charge in [0.15, 0.2) is 11.5 Å². The van der Waals surface area contributed by atoms with Crippen molar-refractivity contribution < 1.29 is 4.79 Å². The summed E-state index contributed by atoms with van der Waals surface area (Å²) in [4.78, 5) is 28.0. The average molecular weight is 422 g/mol. The van der Waals surface area contributed by atoms with Gasteiger partial charge in [0.1, 0.15) is 10.6 Å². The predicted octanol–water partition coefficient (Wildman–Crippen LogP) is 3.04. The third kappa shape index (κ3) is 3.50. The fourth-order valence-electron chi connectivity index (χ4n) is 3.81. The number of pyridine rings is 1. The number of imidazole rings is 1. The zero-order valence-corrected chi connectivity index (χ0v) is 18.0. The molecule has 0 unspecified atom stereocenters. The number of carbonyl (C=O) groups excluding carboxylic acids is 1. The number of nitrogens with one attached hydrogen (secondary N) is 1. The van der Waals surface area contributed by atoms with E-state index >= 15 is 0 Å². The van der Waals surface area contributed by atoms with Gasteiger partial charge in [-0.05, 0) is 57.8 Å². The molecule has 0 aromatic carbocycles. The molecule has 1 N–H and O–H groups in total. The lowest BCUT2D eigenvalue weighted by molar-refractivity contribution is 0.103. The standard InChI is InChI=1S/C21H23N7OS/c1-13-11-28-19(22-13)7-5-17(25-28)23-20(29)16-10-14-4-6-18(24-21(14)30-16)27-9-8-15(12-27)26(2)3/h4-7,10-11,15H,8-9,12H2,1-3H3,(H,23,25,29)/t15-/m1/s1. The van der Waals surface area contributed by atoms with Gasteiger partial charge in [-0.15, -0.1) is 16.4 Å². The van der Waals surface area contributed by atoms with Crippen molar-refractivity contribution >= 4 is 44.7 Å². The average Bonchev–Trinajstić information content (AvgIpc) is 3.44. The van der Waals surface area contributed by atoms with Gasteiger partial charge in [-0.1, -0.05) is 0 Å². The highest BCUT2D eigenvalue weighted by molar-refractivity contribution is 7.20. The Hall–Kier alpha value is -3.04. The van der Waals surface area contributed by atoms with E-state index in [4.69, 9.17) is 4.98 Å². The van der Waals surface area contributed by atoms with Gasteiger partial charge in [0.05, 0.1) is 16.8 Å². The number of hydrogen-bond acceptors (Lipinski definition) is 7. The molecule has 0 radical (unpaired) electrons. The van der Waals surface area contributed by atoms with E-state index < -0.39 is 0 Å². The number of amides is 1. The normalized spacial score (nSPS) is 16.8. The number of carbonyl (C=O) groups is 1. The van der Waals surface area contributed by atoms with Gasteiger partial charge < -0.3 is 15.1 Å². The molecule has 0 aliphatic carbocycles. The molecule has 4 aromatic heterocycles. The van der Waals surface area contributed by atoms with E-state index in [2.05, 4.69) is 39.3 Å². The van der Waals surface area contributed by atoms with Gasteiger partial charge in [0.2, 0.25) is 0 Å². The maximum Gasteiger partial charge on any atom is 0.267 e. The summed E-state index contributed by atoms with van der Waals surface area (Å²) < 4.78 is 1.67. The summed E-state index contributed by atoms with van der Waals surface area (Å²) in [6.45, 7) is 3.89. The summed E-state index contributed by atoms with van der Waals surface area (Å²) in [6.07, 6.45) is 2.97. The molecular weight excluding hydrogens is 398 g/mol. The Bertz CT molecular complexity index is 1240. The molecule has 8 nitrogen and oxygen atoms in total. The maximum atomic E-state index is 12.8. The number of aryl methyl sites for hydroxylation is 1. The van der Waals surface area contributed by atoms with Crippen LogP contribution in [-0.4, -0.2) is 63.6 Å². The van der Waals surface area contributed by atoms with Crippen LogP contribution in [0.2, 0.25) is 0 Å². The van der Waals surface area contributed by atoms with Crippen molar-refractivity contribution in [3.05, 3.63) is 47.1 Å². The molecular formula is C21H23N7OS. The Morgan fingerprint density at radius 1 is 1.23 bits per heavy atom. The Morgan fingerprint density at radius 2 is 2.10 bits per heavy atom. The van der Waals surface area contributed by atoms with Crippen molar-refractivity contribution in [2.24, 2.45) is 0 Å². The van der Waals surface area contributed by atoms with Crippen molar-refractivity contribution in [3.63, 3.8) is 0 Å². The van der Waals surface area contributed by atoms with Crippen LogP contribution in [0.4, 0.5) is 11.6 Å². The van der Waals surface area contributed by atoms with Crippen molar-refractivity contribution in [1.29, 1.82) is 0 Å². The largest absolute Gasteiger partial charge is 0.355 e. The molecule has 0 spiro atoms. The van der Waals surface area contributed by atoms with Crippen LogP contribution in [0.3, 0.4) is 0 Å². The zero-order chi connectivity index (χ0) is 20.8. The van der Waals surface area contributed by atoms with E-state index in [9.17, 15) is 4.79 Å². The molecule has 9 heteroatoms. The lowest BCUT2D eigenvalue weighted by atomic mass is 10.2. The fourth-order valence-corrected chi connectivity index (χ4v) is 4.73. The van der Waals surface area contributed by atoms with E-state index in [1.54, 1.807) is 10.6 Å². The third-order valence-electron chi connectivity index (χ3n) is 5.49. The van der Waals surface area contributed by atoms with Crippen molar-refractivity contribution in [1.82, 2.24) is 24.5 Å². The van der Waals surface area contributed by atoms with Crippen LogP contribution in [0.1, 0.15) is 21.8 Å². The summed E-state index contributed by atoms with van der Waals surface area (Å²) in [5, 5.41) is 8.26. The van der Waals surface area contributed by atoms with Crippen LogP contribution in [0.25, 0.3) is 15.9 Å². The number of nitrogens with zero attached hydrogens (tertiary/aromatic N) is 6. The van der Waals surface area contributed by atoms with Crippen LogP contribution < -0.4 is 10.2 Å². The van der Waals surface area contributed by atoms with E-state index in [-0.39, 0.29) is 5.91 Å². The zero-order valence-electron chi connectivity index (χ0n) is 17.2. The fraction of sp³-hybridized carbons (Fsp3) is 0.333. The van der Waals surface area contributed by atoms with Crippen LogP contribution in [0.5, 0.6) is 0 Å². The Labute approximate surface area is 178 Å². The van der Waals surface area contributed by atoms with Crippen LogP contribution >= 0.6 is 11.3 Å². The second-order valence-corrected chi connectivity index (χ2v) is 8.92. The van der Waals surface area contributed by atoms with Crippen LogP contribution in [0, 0.1) is 6.92 Å². The van der Waals surface area contributed by atoms with Gasteiger partial charge in [-0.2, -0.15) is 0 Å². The molecule has 1 amide bonds. The molecule has 1 fully saturated rings. The molecule has 0 saturated carbocycles. The smallest absolute Gasteiger partial charge is 0.267 e. The number of fused-ring (bicyclic) bond motifs is 2. The summed E-state index contributed by atoms with van der Waals surface area (Å²) in [6, 6.07) is 10.1. The lowest BCUT2D eigenvalue weighted by Gasteiger charge is -2.21. The topological polar surface area (TPSA) is 78.7 Å². The molecule has 1 atom stereocenters. The van der Waals surface area contributed by atoms with E-state index in [1.165, 1.54) is 11.3 Å². The number of anilines is 2. The van der Waals surface area contributed by atoms with E-state index in [1.807, 2.05) is 37.4 Å². The molecule has 1 aliphatic rings. The number of thiophene rings is 1. The first-order valence-electron chi connectivity index (χ1n) is 9.92. The van der Waals surface area contributed by atoms with Crippen LogP contribution in [-0.2, 0) is 0 Å². The number of rotatable bonds is 4. The molecule has 30 heavy (non-hydrogen) atoms. The molecule has 5 heterocycles. The number of aromatic nitrogens is 4. The van der Waals surface area contributed by atoms with Gasteiger partial charge in [0.25, 0.3) is 5.91 Å². The summed E-state index contributed by atoms with van der Waals surface area (Å²) in [5.74, 6) is 1.28. The molecule has 4 aromatic rings. The van der Waals surface area contributed by atoms with Gasteiger partial charge in [-0.25, -0.2) is 14.5 Å². The Kier molecular flexibility index (Phi) is 4.63. The molecule has 1 saturated heterocycles. The van der Waals surface area contributed by atoms with Crippen LogP contribution in [0.15, 0.2) is 36.5 Å². The quantitative estimate of drug-likeness (QED) is 0.546. The van der Waals surface area contributed by atoms with Crippen molar-refractivity contribution in [3.8, 4) is 0 Å². The lowest BCUT2D eigenvalue weighted by Crippen LogP contribution is -2.31. The second-order valence-electron chi connectivity index (χ2n) is 7.88. The summed E-state index contributed by atoms with van der Waals surface area (Å²) in [7, 11) is 4.24. The van der Waals surface area contributed by atoms with Crippen molar-refractivity contribution in [2.75, 3.05) is 37.4 Å². The molecule has 154 valence electrons. The first-order chi connectivity index (χ1) is 14.5. The van der Waals surface area contributed by atoms with E-state index in [0.29, 0.717) is 16.7 Å². The monoisotopic (exact) mass is 421 g/mol. The summed E-state index contributed by atoms with van der Waals surface area (Å²) in [5.41, 5.74) is 1.63. The SMILES string of the molecule is Cc1cn2nc(NC(=O)c3cc4ccc(N5CC[C@@H](N(C)C)C5)nc4s3)ccc2n1. The highest BCUT2D eigenvalue weighted by Crippen LogP contribution is 2.29. The maximum absolute atomic E-state index is 12.8. The minimum Gasteiger partial charge on any atom is -0.355 e. The Morgan fingerprint density at radius 3 is 2.90 bits per heavy atom. The minimum absolute atomic E-state index is 0.183. The molecule has 0 bridgehead atoms.